The molecule has 1 aromatic heterocycles. The van der Waals surface area contributed by atoms with E-state index in [0.29, 0.717) is 46.9 Å². The number of amides is 2. The normalized spacial score (nSPS) is 15.7. The average Bonchev–Trinajstić information content (AvgIpc) is 3.40. The Morgan fingerprint density at radius 3 is 2.68 bits per heavy atom. The molecule has 2 aliphatic heterocycles. The molecule has 0 saturated heterocycles. The minimum absolute atomic E-state index is 0.0101. The topological polar surface area (TPSA) is 80.5 Å². The predicted molar refractivity (Wildman–Crippen MR) is 151 cm³/mol. The summed E-state index contributed by atoms with van der Waals surface area (Å²) in [5.74, 6) is -0.700. The predicted octanol–water partition coefficient (Wildman–Crippen LogP) is 5.69. The average molecular weight is 536 g/mol. The first-order valence-electron chi connectivity index (χ1n) is 12.9. The highest BCUT2D eigenvalue weighted by Gasteiger charge is 2.31. The van der Waals surface area contributed by atoms with Crippen LogP contribution in [0, 0.1) is 12.7 Å². The number of carbonyl (C=O) groups is 2. The van der Waals surface area contributed by atoms with Crippen molar-refractivity contribution in [1.29, 1.82) is 0 Å². The second-order valence-electron chi connectivity index (χ2n) is 9.58. The zero-order valence-corrected chi connectivity index (χ0v) is 22.5. The number of hydrogen-bond acceptors (Lipinski definition) is 4. The maximum atomic E-state index is 13.7. The molecule has 0 fully saturated rings. The van der Waals surface area contributed by atoms with Gasteiger partial charge in [0, 0.05) is 54.4 Å². The lowest BCUT2D eigenvalue weighted by Gasteiger charge is -2.29. The summed E-state index contributed by atoms with van der Waals surface area (Å²) in [5, 5.41) is 6.19. The molecule has 0 spiro atoms. The summed E-state index contributed by atoms with van der Waals surface area (Å²) in [7, 11) is 0. The second kappa shape index (κ2) is 10.6. The van der Waals surface area contributed by atoms with E-state index in [1.807, 2.05) is 36.1 Å². The van der Waals surface area contributed by atoms with Crippen LogP contribution in [0.25, 0.3) is 11.6 Å². The smallest absolute Gasteiger partial charge is 0.256 e. The fourth-order valence-corrected chi connectivity index (χ4v) is 5.37. The first-order chi connectivity index (χ1) is 18.3. The Labute approximate surface area is 226 Å². The Morgan fingerprint density at radius 2 is 1.95 bits per heavy atom. The number of anilines is 3. The van der Waals surface area contributed by atoms with Crippen molar-refractivity contribution < 1.29 is 14.0 Å². The molecule has 3 heterocycles. The third kappa shape index (κ3) is 4.81. The zero-order chi connectivity index (χ0) is 27.0. The van der Waals surface area contributed by atoms with Gasteiger partial charge >= 0.3 is 0 Å². The SMILES string of the molecule is CCN(CC)CCN1CCc2[nH]c(C=C3C(=O)Nc4cccc(Nc5ccc(F)c(Cl)c5)c43)c(C)c2C1=O. The van der Waals surface area contributed by atoms with Gasteiger partial charge in [-0.3, -0.25) is 9.59 Å². The van der Waals surface area contributed by atoms with Crippen LogP contribution >= 0.6 is 11.6 Å². The van der Waals surface area contributed by atoms with Gasteiger partial charge in [-0.05, 0) is 62.0 Å². The molecule has 198 valence electrons. The van der Waals surface area contributed by atoms with Crippen molar-refractivity contribution >= 4 is 52.1 Å². The van der Waals surface area contributed by atoms with Gasteiger partial charge in [0.25, 0.3) is 11.8 Å². The van der Waals surface area contributed by atoms with E-state index >= 15 is 0 Å². The summed E-state index contributed by atoms with van der Waals surface area (Å²) in [6.07, 6.45) is 2.55. The summed E-state index contributed by atoms with van der Waals surface area (Å²) in [5.41, 5.74) is 6.33. The number of likely N-dealkylation sites (N-methyl/N-ethyl adjacent to an activating group) is 1. The molecular weight excluding hydrogens is 505 g/mol. The number of nitrogens with one attached hydrogen (secondary N) is 3. The van der Waals surface area contributed by atoms with Crippen molar-refractivity contribution in [1.82, 2.24) is 14.8 Å². The minimum atomic E-state index is -0.500. The summed E-state index contributed by atoms with van der Waals surface area (Å²) in [4.78, 5) is 34.1. The molecule has 38 heavy (non-hydrogen) atoms. The standard InChI is InChI=1S/C29H31ClFN5O2/c1-4-35(5-2)13-14-36-12-11-24-26(29(36)38)17(3)25(33-24)16-19-27-22(7-6-8-23(27)34-28(19)37)32-18-9-10-21(31)20(30)15-18/h6-10,15-16,32-33H,4-5,11-14H2,1-3H3,(H,34,37). The van der Waals surface area contributed by atoms with Crippen LogP contribution in [0.4, 0.5) is 21.5 Å². The lowest BCUT2D eigenvalue weighted by molar-refractivity contribution is -0.110. The number of halogens is 2. The summed E-state index contributed by atoms with van der Waals surface area (Å²) in [6.45, 7) is 10.3. The van der Waals surface area contributed by atoms with E-state index in [2.05, 4.69) is 34.4 Å². The van der Waals surface area contributed by atoms with Gasteiger partial charge in [0.2, 0.25) is 0 Å². The Bertz CT molecular complexity index is 1440. The van der Waals surface area contributed by atoms with Crippen LogP contribution in [0.2, 0.25) is 5.02 Å². The largest absolute Gasteiger partial charge is 0.358 e. The summed E-state index contributed by atoms with van der Waals surface area (Å²) >= 11 is 5.97. The second-order valence-corrected chi connectivity index (χ2v) is 9.99. The Kier molecular flexibility index (Phi) is 7.27. The van der Waals surface area contributed by atoms with E-state index in [-0.39, 0.29) is 16.8 Å². The third-order valence-corrected chi connectivity index (χ3v) is 7.68. The van der Waals surface area contributed by atoms with Crippen LogP contribution in [0.5, 0.6) is 0 Å². The van der Waals surface area contributed by atoms with Crippen molar-refractivity contribution in [3.63, 3.8) is 0 Å². The fourth-order valence-electron chi connectivity index (χ4n) is 5.19. The number of aromatic nitrogens is 1. The molecule has 0 unspecified atom stereocenters. The number of nitrogens with zero attached hydrogens (tertiary/aromatic N) is 2. The Morgan fingerprint density at radius 1 is 1.16 bits per heavy atom. The number of aromatic amines is 1. The van der Waals surface area contributed by atoms with Gasteiger partial charge in [-0.1, -0.05) is 31.5 Å². The van der Waals surface area contributed by atoms with Crippen molar-refractivity contribution in [3.05, 3.63) is 75.3 Å². The number of rotatable bonds is 8. The van der Waals surface area contributed by atoms with Gasteiger partial charge in [0.1, 0.15) is 5.82 Å². The fraction of sp³-hybridized carbons (Fsp3) is 0.310. The van der Waals surface area contributed by atoms with Crippen LogP contribution in [0.3, 0.4) is 0 Å². The monoisotopic (exact) mass is 535 g/mol. The zero-order valence-electron chi connectivity index (χ0n) is 21.8. The van der Waals surface area contributed by atoms with E-state index in [9.17, 15) is 14.0 Å². The number of fused-ring (bicyclic) bond motifs is 2. The van der Waals surface area contributed by atoms with E-state index in [4.69, 9.17) is 11.6 Å². The number of carbonyl (C=O) groups excluding carboxylic acids is 2. The highest BCUT2D eigenvalue weighted by atomic mass is 35.5. The lowest BCUT2D eigenvalue weighted by Crippen LogP contribution is -2.42. The molecule has 0 atom stereocenters. The molecule has 2 amide bonds. The molecule has 3 aromatic rings. The maximum Gasteiger partial charge on any atom is 0.256 e. The van der Waals surface area contributed by atoms with Crippen molar-refractivity contribution in [2.45, 2.75) is 27.2 Å². The highest BCUT2D eigenvalue weighted by molar-refractivity contribution is 6.36. The number of hydrogen-bond donors (Lipinski definition) is 3. The Balaban J connectivity index is 1.46. The molecule has 9 heteroatoms. The van der Waals surface area contributed by atoms with Crippen LogP contribution in [0.1, 0.15) is 46.7 Å². The first-order valence-corrected chi connectivity index (χ1v) is 13.3. The van der Waals surface area contributed by atoms with Crippen molar-refractivity contribution in [2.75, 3.05) is 43.4 Å². The quantitative estimate of drug-likeness (QED) is 0.324. The number of H-pyrrole nitrogens is 1. The maximum absolute atomic E-state index is 13.7. The van der Waals surface area contributed by atoms with Crippen molar-refractivity contribution in [3.8, 4) is 0 Å². The minimum Gasteiger partial charge on any atom is -0.358 e. The van der Waals surface area contributed by atoms with Gasteiger partial charge in [-0.25, -0.2) is 4.39 Å². The first kappa shape index (κ1) is 26.0. The van der Waals surface area contributed by atoms with Gasteiger partial charge < -0.3 is 25.4 Å². The molecule has 0 saturated carbocycles. The van der Waals surface area contributed by atoms with Gasteiger partial charge in [-0.15, -0.1) is 0 Å². The highest BCUT2D eigenvalue weighted by Crippen LogP contribution is 2.40. The summed E-state index contributed by atoms with van der Waals surface area (Å²) in [6, 6.07) is 9.91. The van der Waals surface area contributed by atoms with Gasteiger partial charge in [-0.2, -0.15) is 0 Å². The van der Waals surface area contributed by atoms with E-state index in [1.165, 1.54) is 12.1 Å². The van der Waals surface area contributed by atoms with E-state index in [0.717, 1.165) is 43.0 Å². The Hall–Kier alpha value is -3.62. The number of benzene rings is 2. The third-order valence-electron chi connectivity index (χ3n) is 7.39. The molecule has 7 nitrogen and oxygen atoms in total. The van der Waals surface area contributed by atoms with Crippen LogP contribution in [0.15, 0.2) is 36.4 Å². The molecule has 2 aliphatic rings. The molecule has 2 aromatic carbocycles. The molecule has 0 radical (unpaired) electrons. The lowest BCUT2D eigenvalue weighted by atomic mass is 10.00. The molecule has 0 bridgehead atoms. The van der Waals surface area contributed by atoms with Crippen molar-refractivity contribution in [2.24, 2.45) is 0 Å². The van der Waals surface area contributed by atoms with Gasteiger partial charge in [0.05, 0.1) is 21.8 Å². The van der Waals surface area contributed by atoms with Crippen LogP contribution < -0.4 is 10.6 Å². The van der Waals surface area contributed by atoms with Crippen LogP contribution in [-0.4, -0.2) is 59.3 Å². The van der Waals surface area contributed by atoms with E-state index in [1.54, 1.807) is 6.07 Å². The molecular formula is C29H31ClFN5O2. The van der Waals surface area contributed by atoms with Crippen LogP contribution in [-0.2, 0) is 11.2 Å². The molecule has 0 aliphatic carbocycles. The van der Waals surface area contributed by atoms with Gasteiger partial charge in [0.15, 0.2) is 0 Å². The molecule has 3 N–H and O–H groups in total. The summed E-state index contributed by atoms with van der Waals surface area (Å²) < 4.78 is 13.7. The molecule has 5 rings (SSSR count). The van der Waals surface area contributed by atoms with E-state index < -0.39 is 5.82 Å².